The number of amides is 2. The number of hydrogen-bond acceptors (Lipinski definition) is 5. The van der Waals surface area contributed by atoms with Gasteiger partial charge in [0.1, 0.15) is 12.6 Å². The van der Waals surface area contributed by atoms with Gasteiger partial charge in [0, 0.05) is 18.7 Å². The van der Waals surface area contributed by atoms with Gasteiger partial charge in [-0.1, -0.05) is 42.5 Å². The maximum atomic E-state index is 13.3. The van der Waals surface area contributed by atoms with E-state index in [0.717, 1.165) is 16.1 Å². The molecule has 0 aromatic heterocycles. The second-order valence-corrected chi connectivity index (χ2v) is 9.68. The van der Waals surface area contributed by atoms with E-state index in [-0.39, 0.29) is 23.9 Å². The van der Waals surface area contributed by atoms with Crippen LogP contribution in [0.3, 0.4) is 0 Å². The number of Topliss-reactive ketones (excluding diaryl/α,β-unsaturated/α-hetero) is 1. The van der Waals surface area contributed by atoms with E-state index in [1.165, 1.54) is 24.0 Å². The number of nitrogens with one attached hydrogen (secondary N) is 1. The fourth-order valence-electron chi connectivity index (χ4n) is 3.39. The third-order valence-electron chi connectivity index (χ3n) is 5.22. The molecule has 2 aromatic carbocycles. The third-order valence-corrected chi connectivity index (χ3v) is 6.36. The summed E-state index contributed by atoms with van der Waals surface area (Å²) < 4.78 is 26.1. The van der Waals surface area contributed by atoms with Gasteiger partial charge in [0.05, 0.1) is 11.9 Å². The molecule has 1 N–H and O–H groups in total. The highest BCUT2D eigenvalue weighted by molar-refractivity contribution is 7.92. The molecular formula is C24H31N3O5S. The Kier molecular flexibility index (Phi) is 9.16. The van der Waals surface area contributed by atoms with Crippen molar-refractivity contribution in [1.82, 2.24) is 10.2 Å². The van der Waals surface area contributed by atoms with Gasteiger partial charge < -0.3 is 10.2 Å². The van der Waals surface area contributed by atoms with Crippen LogP contribution >= 0.6 is 0 Å². The molecule has 1 atom stereocenters. The van der Waals surface area contributed by atoms with Crippen LogP contribution < -0.4 is 9.62 Å². The number of nitrogens with zero attached hydrogens (tertiary/aromatic N) is 2. The average molecular weight is 474 g/mol. The summed E-state index contributed by atoms with van der Waals surface area (Å²) in [6.45, 7) is 4.96. The second kappa shape index (κ2) is 11.6. The summed E-state index contributed by atoms with van der Waals surface area (Å²) in [4.78, 5) is 39.0. The van der Waals surface area contributed by atoms with Crippen LogP contribution in [-0.4, -0.2) is 62.8 Å². The molecule has 0 aliphatic rings. The topological polar surface area (TPSA) is 104 Å². The van der Waals surface area contributed by atoms with Crippen molar-refractivity contribution >= 4 is 33.3 Å². The predicted octanol–water partition coefficient (Wildman–Crippen LogP) is 2.25. The van der Waals surface area contributed by atoms with E-state index in [1.807, 2.05) is 30.3 Å². The maximum Gasteiger partial charge on any atom is 0.244 e. The normalized spacial score (nSPS) is 12.0. The van der Waals surface area contributed by atoms with Gasteiger partial charge in [0.2, 0.25) is 21.8 Å². The first-order chi connectivity index (χ1) is 15.5. The molecule has 9 heteroatoms. The third kappa shape index (κ3) is 7.42. The summed E-state index contributed by atoms with van der Waals surface area (Å²) >= 11 is 0. The van der Waals surface area contributed by atoms with Crippen LogP contribution in [-0.2, 0) is 26.0 Å². The fraction of sp³-hybridized carbons (Fsp3) is 0.375. The number of carbonyl (C=O) groups excluding carboxylic acids is 3. The summed E-state index contributed by atoms with van der Waals surface area (Å²) in [5.74, 6) is -1.04. The zero-order chi connectivity index (χ0) is 24.6. The van der Waals surface area contributed by atoms with Crippen LogP contribution in [0.1, 0.15) is 36.7 Å². The van der Waals surface area contributed by atoms with Crippen LogP contribution in [0.4, 0.5) is 5.69 Å². The minimum atomic E-state index is -3.84. The molecule has 33 heavy (non-hydrogen) atoms. The minimum absolute atomic E-state index is 0.215. The lowest BCUT2D eigenvalue weighted by molar-refractivity contribution is -0.138. The van der Waals surface area contributed by atoms with E-state index in [1.54, 1.807) is 26.0 Å². The van der Waals surface area contributed by atoms with E-state index in [0.29, 0.717) is 18.5 Å². The van der Waals surface area contributed by atoms with Gasteiger partial charge in [-0.15, -0.1) is 0 Å². The van der Waals surface area contributed by atoms with Crippen LogP contribution in [0, 0.1) is 0 Å². The maximum absolute atomic E-state index is 13.3. The standard InChI is InChI=1S/C24H31N3O5S/c1-5-25-24(30)18(2)26(15-14-20-10-7-6-8-11-20)23(29)17-27(33(4,31)32)22-13-9-12-21(16-22)19(3)28/h6-13,16,18H,5,14-15,17H2,1-4H3,(H,25,30). The number of hydrogen-bond donors (Lipinski definition) is 1. The highest BCUT2D eigenvalue weighted by Crippen LogP contribution is 2.20. The van der Waals surface area contributed by atoms with Gasteiger partial charge in [0.15, 0.2) is 5.78 Å². The molecule has 178 valence electrons. The van der Waals surface area contributed by atoms with E-state index in [4.69, 9.17) is 0 Å². The van der Waals surface area contributed by atoms with Crippen molar-refractivity contribution in [3.63, 3.8) is 0 Å². The minimum Gasteiger partial charge on any atom is -0.355 e. The molecule has 0 fully saturated rings. The van der Waals surface area contributed by atoms with E-state index in [2.05, 4.69) is 5.32 Å². The summed E-state index contributed by atoms with van der Waals surface area (Å²) in [5, 5.41) is 2.71. The summed E-state index contributed by atoms with van der Waals surface area (Å²) in [6, 6.07) is 14.9. The van der Waals surface area contributed by atoms with Crippen molar-refractivity contribution in [3.8, 4) is 0 Å². The van der Waals surface area contributed by atoms with Crippen molar-refractivity contribution in [2.24, 2.45) is 0 Å². The van der Waals surface area contributed by atoms with Gasteiger partial charge in [-0.05, 0) is 44.9 Å². The Bertz CT molecular complexity index is 1090. The van der Waals surface area contributed by atoms with Crippen molar-refractivity contribution in [2.75, 3.05) is 30.2 Å². The summed E-state index contributed by atoms with van der Waals surface area (Å²) in [7, 11) is -3.84. The number of rotatable bonds is 11. The smallest absolute Gasteiger partial charge is 0.244 e. The van der Waals surface area contributed by atoms with E-state index in [9.17, 15) is 22.8 Å². The highest BCUT2D eigenvalue weighted by atomic mass is 32.2. The van der Waals surface area contributed by atoms with Gasteiger partial charge in [-0.25, -0.2) is 8.42 Å². The first kappa shape index (κ1) is 26.1. The zero-order valence-electron chi connectivity index (χ0n) is 19.4. The Balaban J connectivity index is 2.34. The monoisotopic (exact) mass is 473 g/mol. The number of carbonyl (C=O) groups is 3. The SMILES string of the molecule is CCNC(=O)C(C)N(CCc1ccccc1)C(=O)CN(c1cccc(C(C)=O)c1)S(C)(=O)=O. The Morgan fingerprint density at radius 1 is 1.03 bits per heavy atom. The fourth-order valence-corrected chi connectivity index (χ4v) is 4.23. The molecule has 1 unspecified atom stereocenters. The van der Waals surface area contributed by atoms with Crippen LogP contribution in [0.15, 0.2) is 54.6 Å². The Labute approximate surface area is 195 Å². The van der Waals surface area contributed by atoms with E-state index < -0.39 is 28.5 Å². The first-order valence-electron chi connectivity index (χ1n) is 10.7. The van der Waals surface area contributed by atoms with Crippen molar-refractivity contribution in [3.05, 3.63) is 65.7 Å². The molecule has 2 rings (SSSR count). The molecule has 0 saturated heterocycles. The Morgan fingerprint density at radius 3 is 2.27 bits per heavy atom. The quantitative estimate of drug-likeness (QED) is 0.504. The van der Waals surface area contributed by atoms with E-state index >= 15 is 0 Å². The number of likely N-dealkylation sites (N-methyl/N-ethyl adjacent to an activating group) is 1. The van der Waals surface area contributed by atoms with Gasteiger partial charge >= 0.3 is 0 Å². The second-order valence-electron chi connectivity index (χ2n) is 7.77. The Morgan fingerprint density at radius 2 is 1.70 bits per heavy atom. The molecule has 0 spiro atoms. The van der Waals surface area contributed by atoms with Gasteiger partial charge in [0.25, 0.3) is 0 Å². The molecular weight excluding hydrogens is 442 g/mol. The molecule has 0 aliphatic heterocycles. The molecule has 2 amide bonds. The van der Waals surface area contributed by atoms with Crippen LogP contribution in [0.2, 0.25) is 0 Å². The van der Waals surface area contributed by atoms with Crippen molar-refractivity contribution in [1.29, 1.82) is 0 Å². The molecule has 0 aliphatic carbocycles. The van der Waals surface area contributed by atoms with Crippen LogP contribution in [0.5, 0.6) is 0 Å². The largest absolute Gasteiger partial charge is 0.355 e. The number of benzene rings is 2. The Hall–Kier alpha value is -3.20. The lowest BCUT2D eigenvalue weighted by Gasteiger charge is -2.31. The first-order valence-corrected chi connectivity index (χ1v) is 12.6. The molecule has 0 bridgehead atoms. The lowest BCUT2D eigenvalue weighted by atomic mass is 10.1. The number of ketones is 1. The molecule has 2 aromatic rings. The molecule has 8 nitrogen and oxygen atoms in total. The molecule has 0 saturated carbocycles. The number of anilines is 1. The molecule has 0 heterocycles. The predicted molar refractivity (Wildman–Crippen MR) is 129 cm³/mol. The summed E-state index contributed by atoms with van der Waals surface area (Å²) in [6.07, 6.45) is 1.51. The average Bonchev–Trinajstić information content (AvgIpc) is 2.77. The highest BCUT2D eigenvalue weighted by Gasteiger charge is 2.29. The number of sulfonamides is 1. The van der Waals surface area contributed by atoms with Crippen LogP contribution in [0.25, 0.3) is 0 Å². The van der Waals surface area contributed by atoms with Crippen molar-refractivity contribution < 1.29 is 22.8 Å². The van der Waals surface area contributed by atoms with Crippen molar-refractivity contribution in [2.45, 2.75) is 33.2 Å². The van der Waals surface area contributed by atoms with Gasteiger partial charge in [-0.2, -0.15) is 0 Å². The molecule has 0 radical (unpaired) electrons. The lowest BCUT2D eigenvalue weighted by Crippen LogP contribution is -2.52. The zero-order valence-corrected chi connectivity index (χ0v) is 20.3. The van der Waals surface area contributed by atoms with Gasteiger partial charge in [-0.3, -0.25) is 18.7 Å². The summed E-state index contributed by atoms with van der Waals surface area (Å²) in [5.41, 5.74) is 1.55.